The van der Waals surface area contributed by atoms with Crippen molar-refractivity contribution in [1.29, 1.82) is 0 Å². The van der Waals surface area contributed by atoms with Gasteiger partial charge in [0.15, 0.2) is 5.16 Å². The van der Waals surface area contributed by atoms with Gasteiger partial charge in [0.1, 0.15) is 16.9 Å². The lowest BCUT2D eigenvalue weighted by Gasteiger charge is -2.23. The van der Waals surface area contributed by atoms with Crippen LogP contribution in [0, 0.1) is 0 Å². The summed E-state index contributed by atoms with van der Waals surface area (Å²) in [6, 6.07) is 11.5. The highest BCUT2D eigenvalue weighted by Gasteiger charge is 2.20. The molecule has 3 heterocycles. The van der Waals surface area contributed by atoms with Crippen LogP contribution in [0.1, 0.15) is 59.8 Å². The molecule has 1 aliphatic rings. The van der Waals surface area contributed by atoms with Crippen molar-refractivity contribution in [3.05, 3.63) is 41.9 Å². The lowest BCUT2D eigenvalue weighted by molar-refractivity contribution is 0.481. The summed E-state index contributed by atoms with van der Waals surface area (Å²) < 4.78 is 31.9. The van der Waals surface area contributed by atoms with Crippen LogP contribution in [0.25, 0.3) is 0 Å². The molecule has 1 saturated carbocycles. The molecule has 55 heavy (non-hydrogen) atoms. The smallest absolute Gasteiger partial charge is 0.324 e. The van der Waals surface area contributed by atoms with E-state index in [4.69, 9.17) is 15.0 Å². The minimum absolute atomic E-state index is 0.0461. The third-order valence-corrected chi connectivity index (χ3v) is 12.4. The Balaban J connectivity index is 1.40. The first-order valence-corrected chi connectivity index (χ1v) is 21.8. The summed E-state index contributed by atoms with van der Waals surface area (Å²) in [4.78, 5) is 19.0. The lowest BCUT2D eigenvalue weighted by atomic mass is 10.0. The Labute approximate surface area is 331 Å². The number of hydrogen-bond donors (Lipinski definition) is 3. The number of hydrogen-bond acceptors (Lipinski definition) is 20. The summed E-state index contributed by atoms with van der Waals surface area (Å²) in [6.07, 6.45) is 5.69. The first-order valence-electron chi connectivity index (χ1n) is 17.8. The third-order valence-electron chi connectivity index (χ3n) is 8.60. The lowest BCUT2D eigenvalue weighted by Crippen LogP contribution is -2.21. The topological polar surface area (TPSA) is 225 Å². The van der Waals surface area contributed by atoms with Crippen molar-refractivity contribution in [2.24, 2.45) is 20.5 Å². The van der Waals surface area contributed by atoms with Gasteiger partial charge in [-0.25, -0.2) is 0 Å². The first kappa shape index (κ1) is 39.9. The summed E-state index contributed by atoms with van der Waals surface area (Å²) in [5, 5.41) is 40.4. The van der Waals surface area contributed by atoms with E-state index in [9.17, 15) is 13.0 Å². The second-order valence-corrected chi connectivity index (χ2v) is 16.7. The van der Waals surface area contributed by atoms with Gasteiger partial charge in [0.25, 0.3) is 14.6 Å². The van der Waals surface area contributed by atoms with E-state index < -0.39 is 14.5 Å². The van der Waals surface area contributed by atoms with Gasteiger partial charge in [0, 0.05) is 42.8 Å². The summed E-state index contributed by atoms with van der Waals surface area (Å²) in [5.74, 6) is 0.569. The molecule has 0 unspecified atom stereocenters. The molecule has 0 bridgehead atoms. The van der Waals surface area contributed by atoms with Crippen LogP contribution in [0.2, 0.25) is 0 Å². The fourth-order valence-corrected chi connectivity index (χ4v) is 8.55. The SMILES string of the molecule is CCN(CC)c1ccc(N=Nc2nncs2)c(Nc2nc(Nc3cc(N(CC)CC)ccc3N=Nc3nnc(S(=O)(=O)O)s3)nc(SC3CCCCC3)n2)c1. The van der Waals surface area contributed by atoms with E-state index in [1.165, 1.54) is 17.8 Å². The zero-order valence-corrected chi connectivity index (χ0v) is 34.0. The summed E-state index contributed by atoms with van der Waals surface area (Å²) >= 11 is 3.52. The van der Waals surface area contributed by atoms with Crippen LogP contribution in [-0.2, 0) is 10.1 Å². The molecule has 5 aromatic rings. The fraction of sp³-hybridized carbons (Fsp3) is 0.424. The quantitative estimate of drug-likeness (QED) is 0.0587. The molecular formula is C33H41N15O3S4. The molecule has 0 atom stereocenters. The van der Waals surface area contributed by atoms with Gasteiger partial charge < -0.3 is 20.4 Å². The molecule has 3 N–H and O–H groups in total. The average Bonchev–Trinajstić information content (AvgIpc) is 3.89. The van der Waals surface area contributed by atoms with Gasteiger partial charge in [-0.2, -0.15) is 23.4 Å². The van der Waals surface area contributed by atoms with Crippen molar-refractivity contribution >= 4 is 101 Å². The number of nitrogens with zero attached hydrogens (tertiary/aromatic N) is 13. The second kappa shape index (κ2) is 18.7. The number of anilines is 6. The molecule has 290 valence electrons. The third kappa shape index (κ3) is 10.7. The van der Waals surface area contributed by atoms with Gasteiger partial charge in [0.2, 0.25) is 11.9 Å². The highest BCUT2D eigenvalue weighted by atomic mass is 32.3. The summed E-state index contributed by atoms with van der Waals surface area (Å²) in [7, 11) is -4.53. The van der Waals surface area contributed by atoms with Crippen LogP contribution in [0.5, 0.6) is 0 Å². The Kier molecular flexibility index (Phi) is 13.6. The van der Waals surface area contributed by atoms with Crippen LogP contribution in [0.4, 0.5) is 56.3 Å². The maximum Gasteiger partial charge on any atom is 0.324 e. The fourth-order valence-electron chi connectivity index (χ4n) is 5.84. The maximum absolute atomic E-state index is 11.5. The van der Waals surface area contributed by atoms with Crippen molar-refractivity contribution in [3.63, 3.8) is 0 Å². The van der Waals surface area contributed by atoms with Crippen molar-refractivity contribution in [1.82, 2.24) is 35.3 Å². The van der Waals surface area contributed by atoms with Crippen LogP contribution < -0.4 is 20.4 Å². The van der Waals surface area contributed by atoms with E-state index in [2.05, 4.69) is 89.0 Å². The number of azo groups is 2. The predicted molar refractivity (Wildman–Crippen MR) is 217 cm³/mol. The van der Waals surface area contributed by atoms with Crippen LogP contribution in [0.3, 0.4) is 0 Å². The van der Waals surface area contributed by atoms with Gasteiger partial charge in [-0.15, -0.1) is 40.9 Å². The molecule has 1 aliphatic carbocycles. The highest BCUT2D eigenvalue weighted by Crippen LogP contribution is 2.38. The molecule has 0 spiro atoms. The minimum atomic E-state index is -4.53. The Morgan fingerprint density at radius 2 is 1.33 bits per heavy atom. The Bertz CT molecular complexity index is 2200. The van der Waals surface area contributed by atoms with Crippen molar-refractivity contribution < 1.29 is 13.0 Å². The van der Waals surface area contributed by atoms with Gasteiger partial charge in [-0.05, 0) is 76.9 Å². The molecule has 6 rings (SSSR count). The molecule has 0 radical (unpaired) electrons. The molecule has 3 aromatic heterocycles. The zero-order valence-electron chi connectivity index (χ0n) is 30.7. The van der Waals surface area contributed by atoms with E-state index in [1.807, 2.05) is 30.3 Å². The van der Waals surface area contributed by atoms with Crippen LogP contribution in [-0.4, -0.2) is 79.7 Å². The number of rotatable bonds is 17. The molecule has 0 saturated heterocycles. The highest BCUT2D eigenvalue weighted by molar-refractivity contribution is 7.99. The van der Waals surface area contributed by atoms with E-state index >= 15 is 0 Å². The average molecular weight is 824 g/mol. The Morgan fingerprint density at radius 1 is 0.764 bits per heavy atom. The molecule has 0 aliphatic heterocycles. The summed E-state index contributed by atoms with van der Waals surface area (Å²) in [6.45, 7) is 11.5. The number of benzene rings is 2. The van der Waals surface area contributed by atoms with Crippen molar-refractivity contribution in [3.8, 4) is 0 Å². The predicted octanol–water partition coefficient (Wildman–Crippen LogP) is 9.26. The normalized spacial score (nSPS) is 13.8. The molecule has 18 nitrogen and oxygen atoms in total. The number of nitrogens with one attached hydrogen (secondary N) is 2. The van der Waals surface area contributed by atoms with E-state index in [-0.39, 0.29) is 11.1 Å². The first-order chi connectivity index (χ1) is 26.6. The van der Waals surface area contributed by atoms with E-state index in [0.717, 1.165) is 63.2 Å². The zero-order chi connectivity index (χ0) is 38.8. The Morgan fingerprint density at radius 3 is 1.82 bits per heavy atom. The van der Waals surface area contributed by atoms with Crippen molar-refractivity contribution in [2.45, 2.75) is 74.5 Å². The number of thioether (sulfide) groups is 1. The van der Waals surface area contributed by atoms with Gasteiger partial charge >= 0.3 is 10.1 Å². The Hall–Kier alpha value is -4.77. The van der Waals surface area contributed by atoms with E-state index in [0.29, 0.717) is 55.6 Å². The molecular weight excluding hydrogens is 783 g/mol. The standard InChI is InChI=1S/C33H41N15O3S4/c1-5-47(6-2)21-14-16-24(40-43-31-42-34-20-52-31)26(18-21)35-28-37-29(39-30(38-28)53-23-12-10-9-11-13-23)36-27-19-22(48(7-3)8-4)15-17-25(27)41-44-32-45-46-33(54-32)55(49,50)51/h14-20,23H,5-13H2,1-4H3,(H,49,50,51)(H2,35,36,37,38,39). The maximum atomic E-state index is 11.5. The van der Waals surface area contributed by atoms with Crippen LogP contribution in [0.15, 0.2) is 71.9 Å². The molecule has 1 fully saturated rings. The summed E-state index contributed by atoms with van der Waals surface area (Å²) in [5.41, 5.74) is 5.67. The van der Waals surface area contributed by atoms with Gasteiger partial charge in [-0.1, -0.05) is 53.7 Å². The van der Waals surface area contributed by atoms with Crippen molar-refractivity contribution in [2.75, 3.05) is 46.6 Å². The largest absolute Gasteiger partial charge is 0.372 e. The molecule has 22 heteroatoms. The minimum Gasteiger partial charge on any atom is -0.372 e. The monoisotopic (exact) mass is 823 g/mol. The number of aromatic nitrogens is 7. The second-order valence-electron chi connectivity index (χ2n) is 12.1. The van der Waals surface area contributed by atoms with Gasteiger partial charge in [-0.3, -0.25) is 4.55 Å². The molecule has 2 aromatic carbocycles. The van der Waals surface area contributed by atoms with Gasteiger partial charge in [0.05, 0.1) is 11.4 Å². The van der Waals surface area contributed by atoms with Crippen LogP contribution >= 0.6 is 34.4 Å². The molecule has 0 amide bonds. The van der Waals surface area contributed by atoms with E-state index in [1.54, 1.807) is 23.3 Å².